The summed E-state index contributed by atoms with van der Waals surface area (Å²) in [5, 5.41) is 7.47. The van der Waals surface area contributed by atoms with Crippen molar-refractivity contribution in [3.05, 3.63) is 35.7 Å². The van der Waals surface area contributed by atoms with E-state index in [1.54, 1.807) is 0 Å². The van der Waals surface area contributed by atoms with Gasteiger partial charge in [-0.2, -0.15) is 4.98 Å². The maximum atomic E-state index is 5.39. The molecule has 0 bridgehead atoms. The van der Waals surface area contributed by atoms with Gasteiger partial charge in [-0.25, -0.2) is 0 Å². The van der Waals surface area contributed by atoms with Gasteiger partial charge in [-0.3, -0.25) is 4.90 Å². The first-order chi connectivity index (χ1) is 10.2. The highest BCUT2D eigenvalue weighted by molar-refractivity contribution is 5.54. The van der Waals surface area contributed by atoms with Crippen LogP contribution in [0, 0.1) is 6.92 Å². The SMILES string of the molecule is Cc1ccc(-c2noc(CN(C)C3CCNCC3)n2)cc1. The predicted octanol–water partition coefficient (Wildman–Crippen LogP) is 2.23. The Labute approximate surface area is 125 Å². The molecule has 1 saturated heterocycles. The molecule has 0 amide bonds. The zero-order valence-corrected chi connectivity index (χ0v) is 12.7. The Kier molecular flexibility index (Phi) is 4.31. The van der Waals surface area contributed by atoms with Crippen molar-refractivity contribution in [1.82, 2.24) is 20.4 Å². The van der Waals surface area contributed by atoms with Crippen molar-refractivity contribution < 1.29 is 4.52 Å². The molecule has 1 aliphatic heterocycles. The molecule has 1 aromatic carbocycles. The summed E-state index contributed by atoms with van der Waals surface area (Å²) in [7, 11) is 2.13. The molecule has 2 aromatic rings. The normalized spacial score (nSPS) is 16.5. The van der Waals surface area contributed by atoms with Crippen LogP contribution >= 0.6 is 0 Å². The molecule has 21 heavy (non-hydrogen) atoms. The van der Waals surface area contributed by atoms with Gasteiger partial charge in [0.2, 0.25) is 11.7 Å². The average Bonchev–Trinajstić information content (AvgIpc) is 2.97. The molecule has 5 nitrogen and oxygen atoms in total. The third-order valence-electron chi connectivity index (χ3n) is 4.09. The van der Waals surface area contributed by atoms with E-state index in [0.717, 1.165) is 18.7 Å². The monoisotopic (exact) mass is 286 g/mol. The summed E-state index contributed by atoms with van der Waals surface area (Å²) < 4.78 is 5.39. The Morgan fingerprint density at radius 2 is 1.95 bits per heavy atom. The third-order valence-corrected chi connectivity index (χ3v) is 4.09. The Morgan fingerprint density at radius 1 is 1.24 bits per heavy atom. The molecule has 0 unspecified atom stereocenters. The van der Waals surface area contributed by atoms with Crippen LogP contribution < -0.4 is 5.32 Å². The van der Waals surface area contributed by atoms with Crippen molar-refractivity contribution in [3.63, 3.8) is 0 Å². The second-order valence-corrected chi connectivity index (χ2v) is 5.77. The van der Waals surface area contributed by atoms with E-state index < -0.39 is 0 Å². The number of aromatic nitrogens is 2. The molecular weight excluding hydrogens is 264 g/mol. The number of hydrogen-bond acceptors (Lipinski definition) is 5. The van der Waals surface area contributed by atoms with Crippen LogP contribution in [0.3, 0.4) is 0 Å². The van der Waals surface area contributed by atoms with Gasteiger partial charge in [0.1, 0.15) is 0 Å². The zero-order chi connectivity index (χ0) is 14.7. The molecule has 0 atom stereocenters. The van der Waals surface area contributed by atoms with Crippen molar-refractivity contribution in [2.24, 2.45) is 0 Å². The second-order valence-electron chi connectivity index (χ2n) is 5.77. The van der Waals surface area contributed by atoms with Crippen LogP contribution in [0.25, 0.3) is 11.4 Å². The molecule has 1 aliphatic rings. The van der Waals surface area contributed by atoms with Gasteiger partial charge in [0.05, 0.1) is 6.54 Å². The fourth-order valence-electron chi connectivity index (χ4n) is 2.73. The van der Waals surface area contributed by atoms with Gasteiger partial charge in [0.15, 0.2) is 0 Å². The van der Waals surface area contributed by atoms with E-state index in [1.165, 1.54) is 18.4 Å². The van der Waals surface area contributed by atoms with Crippen LogP contribution in [-0.2, 0) is 6.54 Å². The molecule has 112 valence electrons. The van der Waals surface area contributed by atoms with E-state index in [0.29, 0.717) is 24.3 Å². The van der Waals surface area contributed by atoms with Gasteiger partial charge in [-0.05, 0) is 39.9 Å². The van der Waals surface area contributed by atoms with Gasteiger partial charge in [0.25, 0.3) is 0 Å². The van der Waals surface area contributed by atoms with Crippen LogP contribution in [0.15, 0.2) is 28.8 Å². The van der Waals surface area contributed by atoms with E-state index in [4.69, 9.17) is 4.52 Å². The third kappa shape index (κ3) is 3.49. The largest absolute Gasteiger partial charge is 0.338 e. The molecule has 0 saturated carbocycles. The first kappa shape index (κ1) is 14.2. The highest BCUT2D eigenvalue weighted by Gasteiger charge is 2.20. The predicted molar refractivity (Wildman–Crippen MR) is 81.8 cm³/mol. The van der Waals surface area contributed by atoms with Crippen molar-refractivity contribution >= 4 is 0 Å². The van der Waals surface area contributed by atoms with Crippen LogP contribution in [-0.4, -0.2) is 41.2 Å². The maximum absolute atomic E-state index is 5.39. The number of rotatable bonds is 4. The number of piperidine rings is 1. The molecular formula is C16H22N4O. The van der Waals surface area contributed by atoms with Gasteiger partial charge >= 0.3 is 0 Å². The van der Waals surface area contributed by atoms with E-state index in [1.807, 2.05) is 12.1 Å². The first-order valence-corrected chi connectivity index (χ1v) is 7.53. The lowest BCUT2D eigenvalue weighted by molar-refractivity contribution is 0.171. The molecule has 0 spiro atoms. The quantitative estimate of drug-likeness (QED) is 0.934. The minimum Gasteiger partial charge on any atom is -0.338 e. The van der Waals surface area contributed by atoms with Gasteiger partial charge < -0.3 is 9.84 Å². The van der Waals surface area contributed by atoms with Crippen molar-refractivity contribution in [1.29, 1.82) is 0 Å². The topological polar surface area (TPSA) is 54.2 Å². The summed E-state index contributed by atoms with van der Waals surface area (Å²) in [6.45, 7) is 4.96. The number of nitrogens with zero attached hydrogens (tertiary/aromatic N) is 3. The highest BCUT2D eigenvalue weighted by Crippen LogP contribution is 2.18. The van der Waals surface area contributed by atoms with E-state index in [-0.39, 0.29) is 0 Å². The summed E-state index contributed by atoms with van der Waals surface area (Å²) in [6, 6.07) is 8.78. The first-order valence-electron chi connectivity index (χ1n) is 7.53. The lowest BCUT2D eigenvalue weighted by atomic mass is 10.1. The number of hydrogen-bond donors (Lipinski definition) is 1. The highest BCUT2D eigenvalue weighted by atomic mass is 16.5. The second kappa shape index (κ2) is 6.37. The minimum absolute atomic E-state index is 0.598. The fourth-order valence-corrected chi connectivity index (χ4v) is 2.73. The standard InChI is InChI=1S/C16H22N4O/c1-12-3-5-13(6-4-12)16-18-15(21-19-16)11-20(2)14-7-9-17-10-8-14/h3-6,14,17H,7-11H2,1-2H3. The smallest absolute Gasteiger partial charge is 0.241 e. The lowest BCUT2D eigenvalue weighted by Crippen LogP contribution is -2.40. The lowest BCUT2D eigenvalue weighted by Gasteiger charge is -2.30. The van der Waals surface area contributed by atoms with Gasteiger partial charge in [-0.1, -0.05) is 35.0 Å². The number of benzene rings is 1. The Morgan fingerprint density at radius 3 is 2.67 bits per heavy atom. The van der Waals surface area contributed by atoms with Crippen molar-refractivity contribution in [3.8, 4) is 11.4 Å². The molecule has 2 heterocycles. The van der Waals surface area contributed by atoms with E-state index >= 15 is 0 Å². The molecule has 1 fully saturated rings. The van der Waals surface area contributed by atoms with Crippen LogP contribution in [0.5, 0.6) is 0 Å². The summed E-state index contributed by atoms with van der Waals surface area (Å²) in [5.74, 6) is 1.36. The Hall–Kier alpha value is -1.72. The average molecular weight is 286 g/mol. The number of aryl methyl sites for hydroxylation is 1. The fraction of sp³-hybridized carbons (Fsp3) is 0.500. The van der Waals surface area contributed by atoms with Gasteiger partial charge in [0, 0.05) is 11.6 Å². The molecule has 1 aromatic heterocycles. The summed E-state index contributed by atoms with van der Waals surface area (Å²) in [5.41, 5.74) is 2.23. The Bertz CT molecular complexity index is 572. The van der Waals surface area contributed by atoms with Crippen LogP contribution in [0.1, 0.15) is 24.3 Å². The Balaban J connectivity index is 1.65. The summed E-state index contributed by atoms with van der Waals surface area (Å²) in [4.78, 5) is 6.82. The molecule has 1 N–H and O–H groups in total. The minimum atomic E-state index is 0.598. The van der Waals surface area contributed by atoms with Crippen LogP contribution in [0.4, 0.5) is 0 Å². The zero-order valence-electron chi connectivity index (χ0n) is 12.7. The maximum Gasteiger partial charge on any atom is 0.241 e. The van der Waals surface area contributed by atoms with Crippen LogP contribution in [0.2, 0.25) is 0 Å². The van der Waals surface area contributed by atoms with E-state index in [9.17, 15) is 0 Å². The van der Waals surface area contributed by atoms with Crippen molar-refractivity contribution in [2.75, 3.05) is 20.1 Å². The molecule has 3 rings (SSSR count). The van der Waals surface area contributed by atoms with Gasteiger partial charge in [-0.15, -0.1) is 0 Å². The van der Waals surface area contributed by atoms with E-state index in [2.05, 4.69) is 46.5 Å². The number of nitrogens with one attached hydrogen (secondary N) is 1. The van der Waals surface area contributed by atoms with Crippen molar-refractivity contribution in [2.45, 2.75) is 32.4 Å². The summed E-state index contributed by atoms with van der Waals surface area (Å²) >= 11 is 0. The molecule has 0 radical (unpaired) electrons. The molecule has 5 heteroatoms. The summed E-state index contributed by atoms with van der Waals surface area (Å²) in [6.07, 6.45) is 2.35. The molecule has 0 aliphatic carbocycles.